The van der Waals surface area contributed by atoms with Crippen LogP contribution in [0.1, 0.15) is 25.8 Å². The molecule has 1 saturated heterocycles. The van der Waals surface area contributed by atoms with Crippen LogP contribution in [0.3, 0.4) is 0 Å². The van der Waals surface area contributed by atoms with Gasteiger partial charge >= 0.3 is 0 Å². The van der Waals surface area contributed by atoms with Crippen LogP contribution >= 0.6 is 0 Å². The van der Waals surface area contributed by atoms with E-state index in [4.69, 9.17) is 4.74 Å². The van der Waals surface area contributed by atoms with Gasteiger partial charge in [0.05, 0.1) is 0 Å². The zero-order chi connectivity index (χ0) is 16.1. The Balaban J connectivity index is 1.44. The second-order valence-corrected chi connectivity index (χ2v) is 6.93. The zero-order valence-corrected chi connectivity index (χ0v) is 14.6. The fourth-order valence-electron chi connectivity index (χ4n) is 3.54. The van der Waals surface area contributed by atoms with Crippen LogP contribution in [-0.2, 0) is 6.42 Å². The first-order chi connectivity index (χ1) is 11.3. The molecule has 0 amide bonds. The van der Waals surface area contributed by atoms with Gasteiger partial charge in [0.1, 0.15) is 12.4 Å². The van der Waals surface area contributed by atoms with Crippen LogP contribution in [0.5, 0.6) is 5.75 Å². The highest BCUT2D eigenvalue weighted by molar-refractivity contribution is 5.30. The van der Waals surface area contributed by atoms with E-state index in [0.29, 0.717) is 0 Å². The monoisotopic (exact) mass is 314 g/mol. The maximum absolute atomic E-state index is 5.97. The van der Waals surface area contributed by atoms with Crippen molar-refractivity contribution in [2.75, 3.05) is 39.3 Å². The predicted molar refractivity (Wildman–Crippen MR) is 96.0 cm³/mol. The van der Waals surface area contributed by atoms with Gasteiger partial charge in [-0.1, -0.05) is 23.8 Å². The lowest BCUT2D eigenvalue weighted by Crippen LogP contribution is -2.44. The van der Waals surface area contributed by atoms with E-state index in [-0.39, 0.29) is 0 Å². The molecule has 2 aliphatic rings. The third kappa shape index (κ3) is 4.82. The van der Waals surface area contributed by atoms with E-state index in [2.05, 4.69) is 54.4 Å². The van der Waals surface area contributed by atoms with Crippen molar-refractivity contribution < 1.29 is 4.74 Å². The second kappa shape index (κ2) is 7.98. The van der Waals surface area contributed by atoms with Crippen LogP contribution in [0.15, 0.2) is 35.9 Å². The van der Waals surface area contributed by atoms with Gasteiger partial charge in [-0.25, -0.2) is 0 Å². The number of hydrogen-bond acceptors (Lipinski definition) is 3. The molecule has 1 heterocycles. The number of rotatable bonds is 7. The third-order valence-electron chi connectivity index (χ3n) is 5.24. The molecule has 1 N–H and O–H groups in total. The lowest BCUT2D eigenvalue weighted by molar-refractivity contribution is 0.191. The zero-order valence-electron chi connectivity index (χ0n) is 14.6. The van der Waals surface area contributed by atoms with Gasteiger partial charge < -0.3 is 10.1 Å². The molecule has 3 rings (SSSR count). The minimum Gasteiger partial charge on any atom is -0.492 e. The molecule has 1 saturated carbocycles. The van der Waals surface area contributed by atoms with Gasteiger partial charge in [-0.3, -0.25) is 4.90 Å². The van der Waals surface area contributed by atoms with Crippen molar-refractivity contribution in [3.63, 3.8) is 0 Å². The first-order valence-corrected chi connectivity index (χ1v) is 9.04. The van der Waals surface area contributed by atoms with Gasteiger partial charge in [0.25, 0.3) is 0 Å². The average molecular weight is 314 g/mol. The number of piperazine rings is 1. The highest BCUT2D eigenvalue weighted by Gasteiger charge is 2.37. The average Bonchev–Trinajstić information content (AvgIpc) is 3.35. The van der Waals surface area contributed by atoms with Crippen molar-refractivity contribution in [3.05, 3.63) is 41.5 Å². The quantitative estimate of drug-likeness (QED) is 0.783. The van der Waals surface area contributed by atoms with E-state index in [1.54, 1.807) is 5.57 Å². The van der Waals surface area contributed by atoms with Crippen LogP contribution in [0.4, 0.5) is 0 Å². The molecule has 2 unspecified atom stereocenters. The Labute approximate surface area is 140 Å². The molecule has 1 aromatic rings. The van der Waals surface area contributed by atoms with E-state index >= 15 is 0 Å². The summed E-state index contributed by atoms with van der Waals surface area (Å²) in [7, 11) is 0. The molecule has 3 nitrogen and oxygen atoms in total. The molecule has 1 aromatic carbocycles. The normalized spacial score (nSPS) is 25.4. The Kier molecular flexibility index (Phi) is 5.74. The summed E-state index contributed by atoms with van der Waals surface area (Å²) in [5.74, 6) is 2.68. The molecule has 0 bridgehead atoms. The highest BCUT2D eigenvalue weighted by Crippen LogP contribution is 2.46. The topological polar surface area (TPSA) is 24.5 Å². The SMILES string of the molecule is CC=C(C)C1CC1Cc1cccc(OCCN2CCNCC2)c1. The molecule has 126 valence electrons. The van der Waals surface area contributed by atoms with Crippen LogP contribution < -0.4 is 10.1 Å². The van der Waals surface area contributed by atoms with Crippen LogP contribution in [0, 0.1) is 11.8 Å². The van der Waals surface area contributed by atoms with Crippen molar-refractivity contribution in [1.82, 2.24) is 10.2 Å². The Morgan fingerprint density at radius 3 is 2.96 bits per heavy atom. The minimum atomic E-state index is 0.785. The first kappa shape index (κ1) is 16.5. The van der Waals surface area contributed by atoms with Crippen LogP contribution in [-0.4, -0.2) is 44.2 Å². The fraction of sp³-hybridized carbons (Fsp3) is 0.600. The second-order valence-electron chi connectivity index (χ2n) is 6.93. The van der Waals surface area contributed by atoms with E-state index in [1.807, 2.05) is 0 Å². The minimum absolute atomic E-state index is 0.785. The van der Waals surface area contributed by atoms with Gasteiger partial charge in [-0.05, 0) is 56.2 Å². The molecular formula is C20H30N2O. The van der Waals surface area contributed by atoms with Gasteiger partial charge in [0.15, 0.2) is 0 Å². The lowest BCUT2D eigenvalue weighted by Gasteiger charge is -2.26. The van der Waals surface area contributed by atoms with Crippen molar-refractivity contribution in [2.24, 2.45) is 11.8 Å². The number of benzene rings is 1. The smallest absolute Gasteiger partial charge is 0.119 e. The van der Waals surface area contributed by atoms with Crippen LogP contribution in [0.25, 0.3) is 0 Å². The van der Waals surface area contributed by atoms with Crippen molar-refractivity contribution in [1.29, 1.82) is 0 Å². The first-order valence-electron chi connectivity index (χ1n) is 9.04. The van der Waals surface area contributed by atoms with E-state index in [0.717, 1.165) is 56.9 Å². The summed E-state index contributed by atoms with van der Waals surface area (Å²) in [6, 6.07) is 8.69. The molecule has 2 atom stereocenters. The molecular weight excluding hydrogens is 284 g/mol. The molecule has 1 aliphatic heterocycles. The molecule has 0 radical (unpaired) electrons. The van der Waals surface area contributed by atoms with Gasteiger partial charge in [-0.15, -0.1) is 0 Å². The summed E-state index contributed by atoms with van der Waals surface area (Å²) in [6.45, 7) is 10.7. The third-order valence-corrected chi connectivity index (χ3v) is 5.24. The molecule has 23 heavy (non-hydrogen) atoms. The molecule has 3 heteroatoms. The summed E-state index contributed by atoms with van der Waals surface area (Å²) < 4.78 is 5.97. The molecule has 0 aromatic heterocycles. The fourth-order valence-corrected chi connectivity index (χ4v) is 3.54. The van der Waals surface area contributed by atoms with Crippen LogP contribution in [0.2, 0.25) is 0 Å². The largest absolute Gasteiger partial charge is 0.492 e. The Bertz CT molecular complexity index is 534. The van der Waals surface area contributed by atoms with E-state index in [9.17, 15) is 0 Å². The van der Waals surface area contributed by atoms with Gasteiger partial charge in [0, 0.05) is 32.7 Å². The summed E-state index contributed by atoms with van der Waals surface area (Å²) >= 11 is 0. The summed E-state index contributed by atoms with van der Waals surface area (Å²) in [4.78, 5) is 2.47. The van der Waals surface area contributed by atoms with E-state index < -0.39 is 0 Å². The highest BCUT2D eigenvalue weighted by atomic mass is 16.5. The summed E-state index contributed by atoms with van der Waals surface area (Å²) in [5.41, 5.74) is 2.97. The predicted octanol–water partition coefficient (Wildman–Crippen LogP) is 3.12. The molecule has 1 aliphatic carbocycles. The maximum Gasteiger partial charge on any atom is 0.119 e. The maximum atomic E-state index is 5.97. The number of allylic oxidation sites excluding steroid dienone is 2. The number of nitrogens with one attached hydrogen (secondary N) is 1. The standard InChI is InChI=1S/C20H30N2O/c1-3-16(2)20-15-18(20)13-17-5-4-6-19(14-17)23-12-11-22-9-7-21-8-10-22/h3-6,14,18,20-21H,7-13,15H2,1-2H3. The Morgan fingerprint density at radius 1 is 1.35 bits per heavy atom. The summed E-state index contributed by atoms with van der Waals surface area (Å²) in [5, 5.41) is 3.38. The van der Waals surface area contributed by atoms with Crippen molar-refractivity contribution >= 4 is 0 Å². The number of nitrogens with zero attached hydrogens (tertiary/aromatic N) is 1. The van der Waals surface area contributed by atoms with E-state index in [1.165, 1.54) is 18.4 Å². The van der Waals surface area contributed by atoms with Gasteiger partial charge in [0.2, 0.25) is 0 Å². The molecule has 2 fully saturated rings. The summed E-state index contributed by atoms with van der Waals surface area (Å²) in [6.07, 6.45) is 4.80. The number of ether oxygens (including phenoxy) is 1. The van der Waals surface area contributed by atoms with Crippen molar-refractivity contribution in [2.45, 2.75) is 26.7 Å². The Morgan fingerprint density at radius 2 is 2.17 bits per heavy atom. The number of hydrogen-bond donors (Lipinski definition) is 1. The van der Waals surface area contributed by atoms with Gasteiger partial charge in [-0.2, -0.15) is 0 Å². The lowest BCUT2D eigenvalue weighted by atomic mass is 10.0. The Hall–Kier alpha value is -1.32. The molecule has 0 spiro atoms. The van der Waals surface area contributed by atoms with Crippen molar-refractivity contribution in [3.8, 4) is 5.75 Å².